The van der Waals surface area contributed by atoms with Crippen LogP contribution in [0.4, 0.5) is 29.3 Å². The van der Waals surface area contributed by atoms with Crippen molar-refractivity contribution in [3.05, 3.63) is 24.0 Å². The van der Waals surface area contributed by atoms with Crippen LogP contribution in [0, 0.1) is 6.92 Å². The number of pyridine rings is 1. The Bertz CT molecular complexity index is 1470. The third kappa shape index (κ3) is 5.03. The van der Waals surface area contributed by atoms with Crippen molar-refractivity contribution in [1.29, 1.82) is 0 Å². The van der Waals surface area contributed by atoms with Crippen molar-refractivity contribution in [3.8, 4) is 17.1 Å². The van der Waals surface area contributed by atoms with Crippen molar-refractivity contribution in [3.63, 3.8) is 0 Å². The van der Waals surface area contributed by atoms with E-state index in [1.54, 1.807) is 19.1 Å². The molecular weight excluding hydrogens is 510 g/mol. The lowest BCUT2D eigenvalue weighted by Crippen LogP contribution is -2.55. The number of hydrogen-bond acceptors (Lipinski definition) is 9. The van der Waals surface area contributed by atoms with E-state index in [0.29, 0.717) is 53.4 Å². The Kier molecular flexibility index (Phi) is 6.73. The molecule has 0 aromatic carbocycles. The molecule has 0 unspecified atom stereocenters. The number of alkyl halides is 4. The van der Waals surface area contributed by atoms with E-state index in [1.165, 1.54) is 10.6 Å². The second-order valence-electron chi connectivity index (χ2n) is 9.35. The average molecular weight is 538 g/mol. The van der Waals surface area contributed by atoms with Crippen LogP contribution in [0.15, 0.2) is 18.2 Å². The molecule has 11 nitrogen and oxygen atoms in total. The first-order chi connectivity index (χ1) is 18.0. The standard InChI is InChI=1S/C15H14F2N8O.C8H13F2NO/c1-6-20-9-3-2-8(21-14(9)24(6)5-10(16)17)7-4-11(26)25-12(7)13(18)22-15(19)23-25;9-8(10)2-1-3-11(6-8)7-4-12-5-7/h2-4,10,26H,5H2,1H3,(H4,18,19,22,23);7H,1-6H2. The van der Waals surface area contributed by atoms with Gasteiger partial charge in [-0.1, -0.05) is 0 Å². The van der Waals surface area contributed by atoms with Crippen molar-refractivity contribution >= 4 is 28.4 Å². The van der Waals surface area contributed by atoms with E-state index in [4.69, 9.17) is 16.2 Å². The number of nitrogen functional groups attached to an aromatic ring is 2. The molecule has 0 atom stereocenters. The summed E-state index contributed by atoms with van der Waals surface area (Å²) in [4.78, 5) is 14.4. The van der Waals surface area contributed by atoms with Crippen molar-refractivity contribution in [2.75, 3.05) is 37.8 Å². The van der Waals surface area contributed by atoms with Crippen LogP contribution in [-0.2, 0) is 11.3 Å². The molecule has 6 rings (SSSR count). The maximum Gasteiger partial charge on any atom is 0.260 e. The van der Waals surface area contributed by atoms with E-state index in [9.17, 15) is 22.7 Å². The Morgan fingerprint density at radius 1 is 1.18 bits per heavy atom. The second kappa shape index (κ2) is 9.87. The fourth-order valence-electron chi connectivity index (χ4n) is 4.69. The smallest absolute Gasteiger partial charge is 0.260 e. The second-order valence-corrected chi connectivity index (χ2v) is 9.35. The number of anilines is 2. The number of ether oxygens (including phenoxy) is 1. The van der Waals surface area contributed by atoms with Gasteiger partial charge in [0.25, 0.3) is 12.3 Å². The number of likely N-dealkylation sites (tertiary alicyclic amines) is 1. The Hall–Kier alpha value is -3.72. The van der Waals surface area contributed by atoms with Gasteiger partial charge in [0.2, 0.25) is 11.8 Å². The summed E-state index contributed by atoms with van der Waals surface area (Å²) < 4.78 is 59.0. The molecule has 0 saturated carbocycles. The number of nitrogens with two attached hydrogens (primary N) is 2. The third-order valence-electron chi connectivity index (χ3n) is 6.58. The molecule has 0 radical (unpaired) electrons. The van der Waals surface area contributed by atoms with E-state index < -0.39 is 18.9 Å². The first-order valence-corrected chi connectivity index (χ1v) is 12.0. The molecule has 204 valence electrons. The zero-order valence-electron chi connectivity index (χ0n) is 20.5. The van der Waals surface area contributed by atoms with Gasteiger partial charge in [0.1, 0.15) is 16.9 Å². The van der Waals surface area contributed by atoms with Crippen molar-refractivity contribution in [1.82, 2.24) is 34.0 Å². The summed E-state index contributed by atoms with van der Waals surface area (Å²) in [6, 6.07) is 5.00. The summed E-state index contributed by atoms with van der Waals surface area (Å²) >= 11 is 0. The van der Waals surface area contributed by atoms with E-state index >= 15 is 0 Å². The highest BCUT2D eigenvalue weighted by Crippen LogP contribution is 2.33. The van der Waals surface area contributed by atoms with Gasteiger partial charge < -0.3 is 25.9 Å². The van der Waals surface area contributed by atoms with Gasteiger partial charge in [-0.15, -0.1) is 5.10 Å². The van der Waals surface area contributed by atoms with Crippen LogP contribution >= 0.6 is 0 Å². The van der Waals surface area contributed by atoms with Gasteiger partial charge >= 0.3 is 0 Å². The predicted octanol–water partition coefficient (Wildman–Crippen LogP) is 2.70. The fourth-order valence-corrected chi connectivity index (χ4v) is 4.69. The van der Waals surface area contributed by atoms with Crippen molar-refractivity contribution < 1.29 is 27.4 Å². The summed E-state index contributed by atoms with van der Waals surface area (Å²) in [5, 5.41) is 14.0. The highest BCUT2D eigenvalue weighted by atomic mass is 19.3. The molecule has 0 amide bonds. The quantitative estimate of drug-likeness (QED) is 0.335. The number of fused-ring (bicyclic) bond motifs is 2. The molecule has 0 spiro atoms. The highest BCUT2D eigenvalue weighted by Gasteiger charge is 2.39. The molecule has 6 heterocycles. The lowest BCUT2D eigenvalue weighted by Gasteiger charge is -2.41. The van der Waals surface area contributed by atoms with Crippen LogP contribution in [-0.4, -0.2) is 83.8 Å². The average Bonchev–Trinajstić information content (AvgIpc) is 3.28. The van der Waals surface area contributed by atoms with Gasteiger partial charge in [-0.2, -0.15) is 9.50 Å². The number of aryl methyl sites for hydroxylation is 1. The van der Waals surface area contributed by atoms with Crippen LogP contribution in [0.2, 0.25) is 0 Å². The predicted molar refractivity (Wildman–Crippen MR) is 131 cm³/mol. The number of rotatable bonds is 4. The minimum absolute atomic E-state index is 0.0527. The number of aromatic hydroxyl groups is 1. The molecule has 2 aliphatic heterocycles. The first kappa shape index (κ1) is 25.9. The van der Waals surface area contributed by atoms with E-state index in [-0.39, 0.29) is 36.7 Å². The monoisotopic (exact) mass is 537 g/mol. The zero-order valence-corrected chi connectivity index (χ0v) is 20.5. The van der Waals surface area contributed by atoms with Crippen LogP contribution in [0.25, 0.3) is 27.9 Å². The summed E-state index contributed by atoms with van der Waals surface area (Å²) in [5.41, 5.74) is 13.4. The Balaban J connectivity index is 0.000000204. The van der Waals surface area contributed by atoms with E-state index in [0.717, 1.165) is 11.1 Å². The Morgan fingerprint density at radius 3 is 2.61 bits per heavy atom. The molecule has 0 bridgehead atoms. The van der Waals surface area contributed by atoms with Gasteiger partial charge in [0.05, 0.1) is 38.0 Å². The molecule has 4 aromatic rings. The molecular formula is C23H27F4N9O2. The Labute approximate surface area is 214 Å². The topological polar surface area (TPSA) is 146 Å². The summed E-state index contributed by atoms with van der Waals surface area (Å²) in [6.07, 6.45) is -1.87. The lowest BCUT2D eigenvalue weighted by atomic mass is 10.0. The lowest BCUT2D eigenvalue weighted by molar-refractivity contribution is -0.126. The SMILES string of the molecule is Cc1nc2ccc(-c3cc(O)n4nc(N)nc(N)c34)nc2n1CC(F)F.FC1(F)CCCN(C2COC2)C1. The maximum absolute atomic E-state index is 12.9. The number of aromatic nitrogens is 6. The molecule has 2 saturated heterocycles. The van der Waals surface area contributed by atoms with Gasteiger partial charge in [0.15, 0.2) is 11.5 Å². The summed E-state index contributed by atoms with van der Waals surface area (Å²) in [7, 11) is 0. The van der Waals surface area contributed by atoms with Gasteiger partial charge in [-0.05, 0) is 32.0 Å². The number of hydrogen-bond donors (Lipinski definition) is 3. The van der Waals surface area contributed by atoms with E-state index in [2.05, 4.69) is 20.1 Å². The van der Waals surface area contributed by atoms with Gasteiger partial charge in [0, 0.05) is 18.1 Å². The normalized spacial score (nSPS) is 18.1. The largest absolute Gasteiger partial charge is 0.493 e. The van der Waals surface area contributed by atoms with Crippen molar-refractivity contribution in [2.45, 2.75) is 44.7 Å². The number of nitrogens with zero attached hydrogens (tertiary/aromatic N) is 7. The molecule has 15 heteroatoms. The first-order valence-electron chi connectivity index (χ1n) is 12.0. The number of imidazole rings is 1. The number of piperidine rings is 1. The fraction of sp³-hybridized carbons (Fsp3) is 0.478. The summed E-state index contributed by atoms with van der Waals surface area (Å²) in [6.45, 7) is 3.14. The minimum atomic E-state index is -2.54. The van der Waals surface area contributed by atoms with E-state index in [1.807, 2.05) is 4.90 Å². The maximum atomic E-state index is 12.9. The van der Waals surface area contributed by atoms with Gasteiger partial charge in [-0.25, -0.2) is 27.5 Å². The minimum Gasteiger partial charge on any atom is -0.493 e. The molecule has 0 aliphatic carbocycles. The molecule has 2 fully saturated rings. The molecule has 5 N–H and O–H groups in total. The third-order valence-corrected chi connectivity index (χ3v) is 6.58. The number of halogens is 4. The van der Waals surface area contributed by atoms with Crippen LogP contribution in [0.3, 0.4) is 0 Å². The molecule has 38 heavy (non-hydrogen) atoms. The van der Waals surface area contributed by atoms with Crippen LogP contribution in [0.5, 0.6) is 5.88 Å². The molecule has 4 aromatic heterocycles. The zero-order chi connectivity index (χ0) is 27.2. The summed E-state index contributed by atoms with van der Waals surface area (Å²) in [5.74, 6) is -2.26. The van der Waals surface area contributed by atoms with Crippen LogP contribution < -0.4 is 11.5 Å². The highest BCUT2D eigenvalue weighted by molar-refractivity contribution is 5.89. The van der Waals surface area contributed by atoms with Crippen molar-refractivity contribution in [2.24, 2.45) is 0 Å². The van der Waals surface area contributed by atoms with Gasteiger partial charge in [-0.3, -0.25) is 4.90 Å². The molecule has 2 aliphatic rings. The van der Waals surface area contributed by atoms with Crippen LogP contribution in [0.1, 0.15) is 18.7 Å². The Morgan fingerprint density at radius 2 is 1.95 bits per heavy atom.